The minimum Gasteiger partial charge on any atom is -0.356 e. The molecule has 0 spiro atoms. The van der Waals surface area contributed by atoms with Crippen LogP contribution in [0.3, 0.4) is 0 Å². The number of piperidine rings is 1. The normalized spacial score (nSPS) is 26.4. The van der Waals surface area contributed by atoms with Gasteiger partial charge in [0.15, 0.2) is 0 Å². The summed E-state index contributed by atoms with van der Waals surface area (Å²) in [5.74, 6) is -0.439. The Kier molecular flexibility index (Phi) is 10.4. The third-order valence-corrected chi connectivity index (χ3v) is 12.3. The lowest BCUT2D eigenvalue weighted by molar-refractivity contribution is -0.137. The van der Waals surface area contributed by atoms with E-state index in [1.807, 2.05) is 0 Å². The van der Waals surface area contributed by atoms with Crippen molar-refractivity contribution < 1.29 is 26.4 Å². The number of aryl methyl sites for hydroxylation is 1. The number of nitrogens with zero attached hydrogens (tertiary/aromatic N) is 2. The molecule has 3 aliphatic rings. The fourth-order valence-corrected chi connectivity index (χ4v) is 9.45. The van der Waals surface area contributed by atoms with Gasteiger partial charge in [-0.3, -0.25) is 9.69 Å². The first-order valence-corrected chi connectivity index (χ1v) is 17.7. The average Bonchev–Trinajstić information content (AvgIpc) is 3.59. The van der Waals surface area contributed by atoms with Gasteiger partial charge in [-0.2, -0.15) is 17.5 Å². The molecule has 5 rings (SSSR count). The molecule has 2 heterocycles. The third-order valence-electron chi connectivity index (χ3n) is 10.4. The van der Waals surface area contributed by atoms with Crippen molar-refractivity contribution in [3.05, 3.63) is 65.7 Å². The number of rotatable bonds is 10. The van der Waals surface area contributed by atoms with Crippen molar-refractivity contribution in [2.45, 2.75) is 100 Å². The number of halogens is 3. The topological polar surface area (TPSA) is 69.7 Å². The summed E-state index contributed by atoms with van der Waals surface area (Å²) in [7, 11) is -4.21. The average molecular weight is 634 g/mol. The summed E-state index contributed by atoms with van der Waals surface area (Å²) in [6, 6.07) is 14.0. The van der Waals surface area contributed by atoms with Crippen LogP contribution in [0.15, 0.2) is 59.5 Å². The van der Waals surface area contributed by atoms with Gasteiger partial charge in [0.1, 0.15) is 0 Å². The minimum atomic E-state index is -4.64. The number of hydrogen-bond donors (Lipinski definition) is 1. The molecule has 1 aliphatic carbocycles. The fourth-order valence-electron chi connectivity index (χ4n) is 7.63. The molecule has 1 amide bonds. The predicted octanol–water partition coefficient (Wildman–Crippen LogP) is 6.66. The second-order valence-corrected chi connectivity index (χ2v) is 15.0. The Morgan fingerprint density at radius 2 is 1.64 bits per heavy atom. The molecule has 2 unspecified atom stereocenters. The van der Waals surface area contributed by atoms with E-state index in [0.717, 1.165) is 70.2 Å². The number of carbonyl (C=O) groups excluding carboxylic acids is 1. The van der Waals surface area contributed by atoms with E-state index in [2.05, 4.69) is 40.5 Å². The summed E-state index contributed by atoms with van der Waals surface area (Å²) in [6.45, 7) is 4.81. The van der Waals surface area contributed by atoms with Gasteiger partial charge in [0.05, 0.1) is 16.4 Å². The summed E-state index contributed by atoms with van der Waals surface area (Å²) in [6.07, 6.45) is 6.25. The highest BCUT2D eigenvalue weighted by molar-refractivity contribution is 7.89. The molecule has 2 aliphatic heterocycles. The zero-order chi connectivity index (χ0) is 31.4. The van der Waals surface area contributed by atoms with E-state index < -0.39 is 33.7 Å². The molecule has 0 aromatic heterocycles. The summed E-state index contributed by atoms with van der Waals surface area (Å²) < 4.78 is 68.3. The molecule has 242 valence electrons. The highest BCUT2D eigenvalue weighted by Gasteiger charge is 2.42. The van der Waals surface area contributed by atoms with Crippen LogP contribution in [0.5, 0.6) is 0 Å². The molecule has 3 fully saturated rings. The fraction of sp³-hybridized carbons (Fsp3) is 0.618. The Labute approximate surface area is 260 Å². The van der Waals surface area contributed by atoms with Gasteiger partial charge in [-0.15, -0.1) is 0 Å². The summed E-state index contributed by atoms with van der Waals surface area (Å²) >= 11 is 0. The van der Waals surface area contributed by atoms with E-state index >= 15 is 0 Å². The molecular weight excluding hydrogens is 587 g/mol. The Bertz CT molecular complexity index is 1350. The van der Waals surface area contributed by atoms with E-state index in [-0.39, 0.29) is 22.9 Å². The van der Waals surface area contributed by atoms with Gasteiger partial charge in [0.2, 0.25) is 15.9 Å². The van der Waals surface area contributed by atoms with Gasteiger partial charge in [-0.1, -0.05) is 49.7 Å². The highest BCUT2D eigenvalue weighted by Crippen LogP contribution is 2.41. The number of alkyl halides is 3. The van der Waals surface area contributed by atoms with Crippen molar-refractivity contribution in [1.82, 2.24) is 14.5 Å². The standard InChI is InChI=1S/C34H46F3N3O3S/c1-26(31-14-5-6-23-40(31)44(42,43)30-13-9-12-29(24-30)34(35,36)37)32(41)38-25-28-16-19-33(20-17-28,39-21-7-8-22-39)18-15-27-10-3-2-4-11-27/h2-4,9-13,24,26,28,31H,5-8,14-23,25H2,1H3,(H,38,41). The number of hydrogen-bond acceptors (Lipinski definition) is 4. The smallest absolute Gasteiger partial charge is 0.356 e. The van der Waals surface area contributed by atoms with Crippen molar-refractivity contribution in [2.75, 3.05) is 26.2 Å². The summed E-state index contributed by atoms with van der Waals surface area (Å²) in [5, 5.41) is 3.12. The van der Waals surface area contributed by atoms with E-state index in [0.29, 0.717) is 31.4 Å². The second kappa shape index (κ2) is 13.9. The van der Waals surface area contributed by atoms with E-state index in [4.69, 9.17) is 0 Å². The molecule has 10 heteroatoms. The first-order valence-electron chi connectivity index (χ1n) is 16.3. The maximum absolute atomic E-state index is 13.5. The molecule has 2 aromatic carbocycles. The van der Waals surface area contributed by atoms with Gasteiger partial charge < -0.3 is 5.32 Å². The van der Waals surface area contributed by atoms with Crippen LogP contribution in [0, 0.1) is 11.8 Å². The molecular formula is C34H46F3N3O3S. The Morgan fingerprint density at radius 1 is 0.955 bits per heavy atom. The number of amides is 1. The van der Waals surface area contributed by atoms with Crippen molar-refractivity contribution in [3.63, 3.8) is 0 Å². The number of likely N-dealkylation sites (tertiary alicyclic amines) is 1. The van der Waals surface area contributed by atoms with Crippen LogP contribution in [-0.4, -0.2) is 61.3 Å². The van der Waals surface area contributed by atoms with Gasteiger partial charge in [-0.25, -0.2) is 8.42 Å². The SMILES string of the molecule is CC(C(=O)NCC1CCC(CCc2ccccc2)(N2CCCC2)CC1)C1CCCCN1S(=O)(=O)c1cccc(C(F)(F)F)c1. The minimum absolute atomic E-state index is 0.186. The van der Waals surface area contributed by atoms with Crippen molar-refractivity contribution in [1.29, 1.82) is 0 Å². The monoisotopic (exact) mass is 633 g/mol. The Morgan fingerprint density at radius 3 is 2.32 bits per heavy atom. The van der Waals surface area contributed by atoms with Crippen LogP contribution in [0.1, 0.15) is 82.3 Å². The molecule has 1 N–H and O–H groups in total. The maximum atomic E-state index is 13.5. The van der Waals surface area contributed by atoms with Gasteiger partial charge in [0.25, 0.3) is 0 Å². The lowest BCUT2D eigenvalue weighted by Crippen LogP contribution is -2.52. The zero-order valence-electron chi connectivity index (χ0n) is 25.7. The number of carbonyl (C=O) groups is 1. The Hall–Kier alpha value is -2.43. The molecule has 0 radical (unpaired) electrons. The third kappa shape index (κ3) is 7.50. The van der Waals surface area contributed by atoms with E-state index in [1.165, 1.54) is 28.8 Å². The lowest BCUT2D eigenvalue weighted by atomic mass is 9.72. The maximum Gasteiger partial charge on any atom is 0.416 e. The van der Waals surface area contributed by atoms with E-state index in [1.54, 1.807) is 6.92 Å². The van der Waals surface area contributed by atoms with Gasteiger partial charge >= 0.3 is 6.18 Å². The number of nitrogens with one attached hydrogen (secondary N) is 1. The quantitative estimate of drug-likeness (QED) is 0.318. The van der Waals surface area contributed by atoms with Crippen LogP contribution >= 0.6 is 0 Å². The van der Waals surface area contributed by atoms with Crippen LogP contribution in [-0.2, 0) is 27.4 Å². The van der Waals surface area contributed by atoms with Crippen molar-refractivity contribution in [3.8, 4) is 0 Å². The Balaban J connectivity index is 1.19. The highest BCUT2D eigenvalue weighted by atomic mass is 32.2. The largest absolute Gasteiger partial charge is 0.416 e. The number of sulfonamides is 1. The van der Waals surface area contributed by atoms with E-state index in [9.17, 15) is 26.4 Å². The zero-order valence-corrected chi connectivity index (χ0v) is 26.5. The predicted molar refractivity (Wildman–Crippen MR) is 165 cm³/mol. The molecule has 2 saturated heterocycles. The first-order chi connectivity index (χ1) is 21.0. The summed E-state index contributed by atoms with van der Waals surface area (Å²) in [5.41, 5.74) is 0.584. The molecule has 6 nitrogen and oxygen atoms in total. The first kappa shape index (κ1) is 32.9. The van der Waals surface area contributed by atoms with Crippen LogP contribution < -0.4 is 5.32 Å². The molecule has 2 atom stereocenters. The van der Waals surface area contributed by atoms with Crippen LogP contribution in [0.4, 0.5) is 13.2 Å². The molecule has 44 heavy (non-hydrogen) atoms. The molecule has 0 bridgehead atoms. The molecule has 2 aromatic rings. The molecule has 1 saturated carbocycles. The second-order valence-electron chi connectivity index (χ2n) is 13.1. The van der Waals surface area contributed by atoms with Gasteiger partial charge in [0, 0.05) is 24.7 Å². The summed E-state index contributed by atoms with van der Waals surface area (Å²) in [4.78, 5) is 15.7. The lowest BCUT2D eigenvalue weighted by Gasteiger charge is -2.47. The van der Waals surface area contributed by atoms with Crippen molar-refractivity contribution >= 4 is 15.9 Å². The van der Waals surface area contributed by atoms with Crippen LogP contribution in [0.2, 0.25) is 0 Å². The number of benzene rings is 2. The van der Waals surface area contributed by atoms with Gasteiger partial charge in [-0.05, 0) is 107 Å². The van der Waals surface area contributed by atoms with Crippen LogP contribution in [0.25, 0.3) is 0 Å². The van der Waals surface area contributed by atoms with Crippen molar-refractivity contribution in [2.24, 2.45) is 11.8 Å².